The van der Waals surface area contributed by atoms with Gasteiger partial charge in [-0.15, -0.1) is 11.6 Å². The zero-order valence-electron chi connectivity index (χ0n) is 12.4. The fraction of sp³-hybridized carbons (Fsp3) is 0.600. The number of rotatable bonds is 4. The van der Waals surface area contributed by atoms with Crippen LogP contribution in [0.4, 0.5) is 4.39 Å². The Bertz CT molecular complexity index is 596. The average Bonchev–Trinajstić information content (AvgIpc) is 2.47. The fourth-order valence-corrected chi connectivity index (χ4v) is 4.47. The minimum atomic E-state index is -3.55. The largest absolute Gasteiger partial charge is 0.243 e. The molecule has 0 aliphatic carbocycles. The quantitative estimate of drug-likeness (QED) is 0.789. The smallest absolute Gasteiger partial charge is 0.207 e. The highest BCUT2D eigenvalue weighted by atomic mass is 35.5. The third-order valence-electron chi connectivity index (χ3n) is 4.24. The summed E-state index contributed by atoms with van der Waals surface area (Å²) in [6.07, 6.45) is 1.75. The minimum absolute atomic E-state index is 0.0371. The molecule has 0 aromatic heterocycles. The van der Waals surface area contributed by atoms with Gasteiger partial charge in [0.1, 0.15) is 5.82 Å². The normalized spacial score (nSPS) is 18.3. The zero-order chi connectivity index (χ0) is 15.6. The van der Waals surface area contributed by atoms with Crippen LogP contribution in [0.3, 0.4) is 0 Å². The second-order valence-corrected chi connectivity index (χ2v) is 8.08. The van der Waals surface area contributed by atoms with Crippen molar-refractivity contribution in [3.8, 4) is 0 Å². The maximum atomic E-state index is 13.4. The van der Waals surface area contributed by atoms with Crippen molar-refractivity contribution in [3.63, 3.8) is 0 Å². The summed E-state index contributed by atoms with van der Waals surface area (Å²) in [5, 5.41) is 0. The van der Waals surface area contributed by atoms with E-state index in [1.165, 1.54) is 22.5 Å². The Balaban J connectivity index is 2.19. The van der Waals surface area contributed by atoms with Crippen LogP contribution in [0, 0.1) is 17.7 Å². The van der Waals surface area contributed by atoms with Crippen molar-refractivity contribution >= 4 is 21.6 Å². The molecule has 1 saturated heterocycles. The number of hydrogen-bond acceptors (Lipinski definition) is 2. The molecule has 3 nitrogen and oxygen atoms in total. The predicted octanol–water partition coefficient (Wildman–Crippen LogP) is 3.62. The molecule has 21 heavy (non-hydrogen) atoms. The van der Waals surface area contributed by atoms with Gasteiger partial charge in [0.2, 0.25) is 10.0 Å². The van der Waals surface area contributed by atoms with E-state index in [1.807, 2.05) is 0 Å². The van der Waals surface area contributed by atoms with Gasteiger partial charge in [0.25, 0.3) is 0 Å². The maximum Gasteiger partial charge on any atom is 0.243 e. The van der Waals surface area contributed by atoms with Gasteiger partial charge in [0.15, 0.2) is 0 Å². The Kier molecular flexibility index (Phi) is 5.28. The highest BCUT2D eigenvalue weighted by Crippen LogP contribution is 2.28. The topological polar surface area (TPSA) is 37.4 Å². The van der Waals surface area contributed by atoms with Crippen LogP contribution < -0.4 is 0 Å². The molecule has 1 aromatic carbocycles. The van der Waals surface area contributed by atoms with Crippen molar-refractivity contribution in [1.29, 1.82) is 0 Å². The van der Waals surface area contributed by atoms with Gasteiger partial charge in [-0.2, -0.15) is 4.31 Å². The Hall–Kier alpha value is -0.650. The molecule has 0 radical (unpaired) electrons. The first-order valence-corrected chi connectivity index (χ1v) is 9.18. The van der Waals surface area contributed by atoms with E-state index in [9.17, 15) is 12.8 Å². The van der Waals surface area contributed by atoms with Crippen molar-refractivity contribution in [1.82, 2.24) is 4.31 Å². The number of sulfonamides is 1. The predicted molar refractivity (Wildman–Crippen MR) is 82.3 cm³/mol. The summed E-state index contributed by atoms with van der Waals surface area (Å²) in [6, 6.07) is 3.83. The van der Waals surface area contributed by atoms with E-state index in [0.29, 0.717) is 24.9 Å². The van der Waals surface area contributed by atoms with Crippen LogP contribution in [-0.2, 0) is 15.9 Å². The fourth-order valence-electron chi connectivity index (χ4n) is 2.75. The molecule has 118 valence electrons. The van der Waals surface area contributed by atoms with Gasteiger partial charge in [0, 0.05) is 18.7 Å². The molecule has 1 aliphatic rings. The van der Waals surface area contributed by atoms with Gasteiger partial charge in [-0.05, 0) is 42.9 Å². The second kappa shape index (κ2) is 6.63. The van der Waals surface area contributed by atoms with Crippen LogP contribution in [-0.4, -0.2) is 25.8 Å². The van der Waals surface area contributed by atoms with E-state index in [-0.39, 0.29) is 16.3 Å². The summed E-state index contributed by atoms with van der Waals surface area (Å²) in [7, 11) is -3.55. The molecule has 0 saturated carbocycles. The van der Waals surface area contributed by atoms with Crippen LogP contribution in [0.2, 0.25) is 0 Å². The summed E-state index contributed by atoms with van der Waals surface area (Å²) in [4.78, 5) is 0.127. The van der Waals surface area contributed by atoms with Crippen molar-refractivity contribution in [2.45, 2.75) is 37.5 Å². The number of halogens is 2. The number of nitrogens with zero attached hydrogens (tertiary/aromatic N) is 1. The lowest BCUT2D eigenvalue weighted by Gasteiger charge is -2.33. The lowest BCUT2D eigenvalue weighted by atomic mass is 9.87. The third kappa shape index (κ3) is 3.58. The van der Waals surface area contributed by atoms with Crippen LogP contribution in [0.25, 0.3) is 0 Å². The van der Waals surface area contributed by atoms with E-state index in [4.69, 9.17) is 11.6 Å². The van der Waals surface area contributed by atoms with Crippen molar-refractivity contribution in [3.05, 3.63) is 29.6 Å². The Morgan fingerprint density at radius 2 is 1.95 bits per heavy atom. The van der Waals surface area contributed by atoms with Gasteiger partial charge in [-0.25, -0.2) is 12.8 Å². The molecule has 0 bridgehead atoms. The highest BCUT2D eigenvalue weighted by Gasteiger charge is 2.30. The zero-order valence-corrected chi connectivity index (χ0v) is 13.9. The Labute approximate surface area is 131 Å². The maximum absolute atomic E-state index is 13.4. The summed E-state index contributed by atoms with van der Waals surface area (Å²) in [6.45, 7) is 5.39. The first-order valence-electron chi connectivity index (χ1n) is 7.20. The summed E-state index contributed by atoms with van der Waals surface area (Å²) >= 11 is 5.65. The molecule has 2 rings (SSSR count). The van der Waals surface area contributed by atoms with Gasteiger partial charge in [-0.1, -0.05) is 13.8 Å². The van der Waals surface area contributed by atoms with E-state index in [0.717, 1.165) is 12.8 Å². The molecule has 1 fully saturated rings. The molecule has 0 spiro atoms. The molecule has 1 aromatic rings. The molecule has 0 atom stereocenters. The van der Waals surface area contributed by atoms with Crippen LogP contribution >= 0.6 is 11.6 Å². The molecule has 6 heteroatoms. The average molecular weight is 334 g/mol. The monoisotopic (exact) mass is 333 g/mol. The number of alkyl halides is 1. The first-order chi connectivity index (χ1) is 9.86. The molecule has 1 aliphatic heterocycles. The Morgan fingerprint density at radius 1 is 1.33 bits per heavy atom. The van der Waals surface area contributed by atoms with Crippen LogP contribution in [0.15, 0.2) is 23.1 Å². The molecule has 1 heterocycles. The SMILES string of the molecule is CC(C)C1CCN(S(=O)(=O)c2ccc(F)c(CCl)c2)CC1. The van der Waals surface area contributed by atoms with Gasteiger partial charge in [0.05, 0.1) is 10.8 Å². The third-order valence-corrected chi connectivity index (χ3v) is 6.42. The molecule has 0 amide bonds. The van der Waals surface area contributed by atoms with E-state index in [1.54, 1.807) is 0 Å². The van der Waals surface area contributed by atoms with E-state index in [2.05, 4.69) is 13.8 Å². The summed E-state index contributed by atoms with van der Waals surface area (Å²) in [5.41, 5.74) is 0.217. The van der Waals surface area contributed by atoms with Crippen molar-refractivity contribution < 1.29 is 12.8 Å². The van der Waals surface area contributed by atoms with Gasteiger partial charge >= 0.3 is 0 Å². The number of hydrogen-bond donors (Lipinski definition) is 0. The lowest BCUT2D eigenvalue weighted by Crippen LogP contribution is -2.39. The van der Waals surface area contributed by atoms with E-state index >= 15 is 0 Å². The van der Waals surface area contributed by atoms with Crippen molar-refractivity contribution in [2.24, 2.45) is 11.8 Å². The molecular weight excluding hydrogens is 313 g/mol. The summed E-state index contributed by atoms with van der Waals surface area (Å²) < 4.78 is 40.2. The van der Waals surface area contributed by atoms with Gasteiger partial charge in [-0.3, -0.25) is 0 Å². The second-order valence-electron chi connectivity index (χ2n) is 5.87. The summed E-state index contributed by atoms with van der Waals surface area (Å²) in [5.74, 6) is 0.638. The standard InChI is InChI=1S/C15H21ClFNO2S/c1-11(2)12-5-7-18(8-6-12)21(19,20)14-3-4-15(17)13(9-14)10-16/h3-4,9,11-12H,5-8,10H2,1-2H3. The molecule has 0 unspecified atom stereocenters. The molecular formula is C15H21ClFNO2S. The van der Waals surface area contributed by atoms with Crippen molar-refractivity contribution in [2.75, 3.05) is 13.1 Å². The minimum Gasteiger partial charge on any atom is -0.207 e. The lowest BCUT2D eigenvalue weighted by molar-refractivity contribution is 0.226. The Morgan fingerprint density at radius 3 is 2.48 bits per heavy atom. The highest BCUT2D eigenvalue weighted by molar-refractivity contribution is 7.89. The first kappa shape index (κ1) is 16.7. The van der Waals surface area contributed by atoms with Gasteiger partial charge < -0.3 is 0 Å². The van der Waals surface area contributed by atoms with Crippen LogP contribution in [0.1, 0.15) is 32.3 Å². The van der Waals surface area contributed by atoms with Crippen LogP contribution in [0.5, 0.6) is 0 Å². The van der Waals surface area contributed by atoms with E-state index < -0.39 is 15.8 Å². The number of benzene rings is 1. The number of piperidine rings is 1. The molecule has 0 N–H and O–H groups in total.